The van der Waals surface area contributed by atoms with Crippen LogP contribution < -0.4 is 5.32 Å². The van der Waals surface area contributed by atoms with Gasteiger partial charge in [0.25, 0.3) is 0 Å². The summed E-state index contributed by atoms with van der Waals surface area (Å²) in [7, 11) is 0. The standard InChI is InChI=1S/C19H14BrF3N2OS/c1-11-5-6-14(8-16(11)19(21,22)23)24-17(26)9-15-10-27-18(25-15)12-3-2-4-13(20)7-12/h2-8,10H,9H2,1H3,(H,24,26). The molecule has 3 nitrogen and oxygen atoms in total. The minimum absolute atomic E-state index is 0.0142. The molecule has 0 atom stereocenters. The first-order valence-corrected chi connectivity index (χ1v) is 9.57. The Morgan fingerprint density at radius 3 is 2.70 bits per heavy atom. The van der Waals surface area contributed by atoms with Gasteiger partial charge in [0.05, 0.1) is 17.7 Å². The number of nitrogens with zero attached hydrogens (tertiary/aromatic N) is 1. The quantitative estimate of drug-likeness (QED) is 0.518. The van der Waals surface area contributed by atoms with Crippen molar-refractivity contribution in [3.05, 3.63) is 69.1 Å². The van der Waals surface area contributed by atoms with Gasteiger partial charge in [-0.15, -0.1) is 11.3 Å². The summed E-state index contributed by atoms with van der Waals surface area (Å²) < 4.78 is 39.9. The second-order valence-electron chi connectivity index (χ2n) is 5.91. The number of nitrogens with one attached hydrogen (secondary N) is 1. The van der Waals surface area contributed by atoms with E-state index in [4.69, 9.17) is 0 Å². The van der Waals surface area contributed by atoms with Gasteiger partial charge in [0, 0.05) is 21.1 Å². The first-order chi connectivity index (χ1) is 12.7. The average Bonchev–Trinajstić information content (AvgIpc) is 3.04. The van der Waals surface area contributed by atoms with E-state index in [0.717, 1.165) is 21.1 Å². The molecule has 0 bridgehead atoms. The van der Waals surface area contributed by atoms with E-state index in [2.05, 4.69) is 26.2 Å². The normalized spacial score (nSPS) is 11.4. The van der Waals surface area contributed by atoms with Crippen LogP contribution in [0.5, 0.6) is 0 Å². The number of carbonyl (C=O) groups excluding carboxylic acids is 1. The number of anilines is 1. The zero-order valence-corrected chi connectivity index (χ0v) is 16.5. The number of alkyl halides is 3. The molecule has 0 aliphatic rings. The van der Waals surface area contributed by atoms with Crippen LogP contribution in [0, 0.1) is 6.92 Å². The van der Waals surface area contributed by atoms with Crippen molar-refractivity contribution >= 4 is 38.9 Å². The van der Waals surface area contributed by atoms with Gasteiger partial charge < -0.3 is 5.32 Å². The van der Waals surface area contributed by atoms with Crippen molar-refractivity contribution in [2.45, 2.75) is 19.5 Å². The maximum Gasteiger partial charge on any atom is 0.416 e. The van der Waals surface area contributed by atoms with Crippen molar-refractivity contribution in [3.8, 4) is 10.6 Å². The van der Waals surface area contributed by atoms with Crippen molar-refractivity contribution in [2.24, 2.45) is 0 Å². The number of hydrogen-bond donors (Lipinski definition) is 1. The Hall–Kier alpha value is -2.19. The zero-order chi connectivity index (χ0) is 19.6. The number of thiazole rings is 1. The van der Waals surface area contributed by atoms with Crippen LogP contribution in [-0.2, 0) is 17.4 Å². The summed E-state index contributed by atoms with van der Waals surface area (Å²) in [5.74, 6) is -0.418. The molecule has 0 fully saturated rings. The number of amides is 1. The van der Waals surface area contributed by atoms with Crippen molar-refractivity contribution in [2.75, 3.05) is 5.32 Å². The Balaban J connectivity index is 1.70. The summed E-state index contributed by atoms with van der Waals surface area (Å²) in [6.45, 7) is 1.38. The molecular weight excluding hydrogens is 441 g/mol. The van der Waals surface area contributed by atoms with E-state index in [-0.39, 0.29) is 17.7 Å². The predicted molar refractivity (Wildman–Crippen MR) is 104 cm³/mol. The third-order valence-electron chi connectivity index (χ3n) is 3.79. The van der Waals surface area contributed by atoms with Gasteiger partial charge in [-0.25, -0.2) is 4.98 Å². The molecule has 0 radical (unpaired) electrons. The first-order valence-electron chi connectivity index (χ1n) is 7.90. The SMILES string of the molecule is Cc1ccc(NC(=O)Cc2csc(-c3cccc(Br)c3)n2)cc1C(F)(F)F. The Kier molecular flexibility index (Phi) is 5.67. The summed E-state index contributed by atoms with van der Waals surface area (Å²) in [4.78, 5) is 16.6. The molecule has 8 heteroatoms. The van der Waals surface area contributed by atoms with Gasteiger partial charge in [-0.2, -0.15) is 13.2 Å². The molecule has 1 N–H and O–H groups in total. The molecule has 3 rings (SSSR count). The molecule has 27 heavy (non-hydrogen) atoms. The van der Waals surface area contributed by atoms with Crippen LogP contribution in [0.15, 0.2) is 52.3 Å². The predicted octanol–water partition coefficient (Wildman–Crippen LogP) is 6.08. The lowest BCUT2D eigenvalue weighted by Crippen LogP contribution is -2.16. The summed E-state index contributed by atoms with van der Waals surface area (Å²) in [5, 5.41) is 5.05. The van der Waals surface area contributed by atoms with Crippen LogP contribution in [0.1, 0.15) is 16.8 Å². The Labute approximate surface area is 166 Å². The maximum absolute atomic E-state index is 13.0. The molecule has 0 unspecified atom stereocenters. The van der Waals surface area contributed by atoms with Crippen molar-refractivity contribution < 1.29 is 18.0 Å². The highest BCUT2D eigenvalue weighted by Crippen LogP contribution is 2.33. The second kappa shape index (κ2) is 7.82. The molecule has 0 aliphatic heterocycles. The Bertz CT molecular complexity index is 985. The van der Waals surface area contributed by atoms with Gasteiger partial charge in [0.2, 0.25) is 5.91 Å². The third-order valence-corrected chi connectivity index (χ3v) is 5.23. The molecule has 1 heterocycles. The van der Waals surface area contributed by atoms with Gasteiger partial charge >= 0.3 is 6.18 Å². The van der Waals surface area contributed by atoms with E-state index >= 15 is 0 Å². The highest BCUT2D eigenvalue weighted by Gasteiger charge is 2.32. The highest BCUT2D eigenvalue weighted by atomic mass is 79.9. The van der Waals surface area contributed by atoms with E-state index in [1.54, 1.807) is 5.38 Å². The van der Waals surface area contributed by atoms with Crippen molar-refractivity contribution in [3.63, 3.8) is 0 Å². The lowest BCUT2D eigenvalue weighted by molar-refractivity contribution is -0.138. The van der Waals surface area contributed by atoms with Crippen molar-refractivity contribution in [1.82, 2.24) is 4.98 Å². The largest absolute Gasteiger partial charge is 0.416 e. The van der Waals surface area contributed by atoms with Crippen LogP contribution in [0.25, 0.3) is 10.6 Å². The Morgan fingerprint density at radius 1 is 1.22 bits per heavy atom. The zero-order valence-electron chi connectivity index (χ0n) is 14.1. The fraction of sp³-hybridized carbons (Fsp3) is 0.158. The van der Waals surface area contributed by atoms with Crippen LogP contribution >= 0.6 is 27.3 Å². The van der Waals surface area contributed by atoms with E-state index in [9.17, 15) is 18.0 Å². The lowest BCUT2D eigenvalue weighted by atomic mass is 10.1. The van der Waals surface area contributed by atoms with Gasteiger partial charge in [-0.05, 0) is 36.8 Å². The van der Waals surface area contributed by atoms with E-state index in [1.807, 2.05) is 24.3 Å². The van der Waals surface area contributed by atoms with Crippen molar-refractivity contribution in [1.29, 1.82) is 0 Å². The molecule has 3 aromatic rings. The summed E-state index contributed by atoms with van der Waals surface area (Å²) >= 11 is 4.81. The minimum atomic E-state index is -4.46. The molecule has 0 saturated carbocycles. The maximum atomic E-state index is 13.0. The number of halogens is 4. The number of hydrogen-bond acceptors (Lipinski definition) is 3. The highest BCUT2D eigenvalue weighted by molar-refractivity contribution is 9.10. The minimum Gasteiger partial charge on any atom is -0.326 e. The number of aromatic nitrogens is 1. The summed E-state index contributed by atoms with van der Waals surface area (Å²) in [6, 6.07) is 11.4. The molecule has 140 valence electrons. The molecule has 0 spiro atoms. The van der Waals surface area contributed by atoms with Crippen LogP contribution in [-0.4, -0.2) is 10.9 Å². The fourth-order valence-electron chi connectivity index (χ4n) is 2.52. The van der Waals surface area contributed by atoms with Crippen LogP contribution in [0.3, 0.4) is 0 Å². The number of rotatable bonds is 4. The lowest BCUT2D eigenvalue weighted by Gasteiger charge is -2.12. The van der Waals surface area contributed by atoms with E-state index in [0.29, 0.717) is 5.69 Å². The van der Waals surface area contributed by atoms with Gasteiger partial charge in [0.1, 0.15) is 5.01 Å². The van der Waals surface area contributed by atoms with E-state index in [1.165, 1.54) is 30.4 Å². The fourth-order valence-corrected chi connectivity index (χ4v) is 3.73. The monoisotopic (exact) mass is 454 g/mol. The van der Waals surface area contributed by atoms with Crippen LogP contribution in [0.4, 0.5) is 18.9 Å². The van der Waals surface area contributed by atoms with Gasteiger partial charge in [0.15, 0.2) is 0 Å². The molecule has 1 amide bonds. The van der Waals surface area contributed by atoms with Crippen LogP contribution in [0.2, 0.25) is 0 Å². The number of aryl methyl sites for hydroxylation is 1. The number of carbonyl (C=O) groups is 1. The molecular formula is C19H14BrF3N2OS. The third kappa shape index (κ3) is 4.95. The van der Waals surface area contributed by atoms with E-state index < -0.39 is 17.6 Å². The summed E-state index contributed by atoms with van der Waals surface area (Å²) in [5.41, 5.74) is 0.954. The average molecular weight is 455 g/mol. The van der Waals surface area contributed by atoms with Gasteiger partial charge in [-0.1, -0.05) is 34.1 Å². The Morgan fingerprint density at radius 2 is 2.00 bits per heavy atom. The second-order valence-corrected chi connectivity index (χ2v) is 7.68. The first kappa shape index (κ1) is 19.6. The topological polar surface area (TPSA) is 42.0 Å². The smallest absolute Gasteiger partial charge is 0.326 e. The number of benzene rings is 2. The molecule has 2 aromatic carbocycles. The molecule has 1 aromatic heterocycles. The van der Waals surface area contributed by atoms with Gasteiger partial charge in [-0.3, -0.25) is 4.79 Å². The molecule has 0 aliphatic carbocycles. The summed E-state index contributed by atoms with van der Waals surface area (Å²) in [6.07, 6.45) is -4.47. The molecule has 0 saturated heterocycles.